The second-order valence-electron chi connectivity index (χ2n) is 6.19. The van der Waals surface area contributed by atoms with Gasteiger partial charge >= 0.3 is 0 Å². The van der Waals surface area contributed by atoms with Crippen molar-refractivity contribution in [1.29, 1.82) is 0 Å². The minimum atomic E-state index is -3.76. The first-order valence-corrected chi connectivity index (χ1v) is 10.3. The van der Waals surface area contributed by atoms with Crippen LogP contribution in [0.4, 0.5) is 8.78 Å². The highest BCUT2D eigenvalue weighted by Crippen LogP contribution is 2.16. The molecule has 3 rings (SSSR count). The van der Waals surface area contributed by atoms with E-state index in [-0.39, 0.29) is 41.9 Å². The van der Waals surface area contributed by atoms with Crippen molar-refractivity contribution in [2.45, 2.75) is 30.0 Å². The van der Waals surface area contributed by atoms with E-state index in [1.54, 1.807) is 18.2 Å². The van der Waals surface area contributed by atoms with E-state index in [2.05, 4.69) is 15.5 Å². The summed E-state index contributed by atoms with van der Waals surface area (Å²) in [6.45, 7) is 0.0521. The molecule has 1 amide bonds. The second-order valence-corrected chi connectivity index (χ2v) is 8.18. The van der Waals surface area contributed by atoms with Crippen LogP contribution in [-0.2, 0) is 33.4 Å². The summed E-state index contributed by atoms with van der Waals surface area (Å²) in [5, 5.41) is 6.19. The lowest BCUT2D eigenvalue weighted by molar-refractivity contribution is -0.121. The molecule has 0 radical (unpaired) electrons. The monoisotopic (exact) mass is 421 g/mol. The van der Waals surface area contributed by atoms with Crippen molar-refractivity contribution >= 4 is 15.7 Å². The SMILES string of the molecule is O=C(CCc1nc(CS(=O)(=O)c2ccc(F)cc2)no1)NCc1ccccc1F. The molecule has 0 unspecified atom stereocenters. The number of aromatic nitrogens is 2. The number of carbonyl (C=O) groups excluding carboxylic acids is 1. The second kappa shape index (κ2) is 8.91. The van der Waals surface area contributed by atoms with E-state index in [0.717, 1.165) is 24.3 Å². The quantitative estimate of drug-likeness (QED) is 0.561. The van der Waals surface area contributed by atoms with Gasteiger partial charge in [-0.3, -0.25) is 4.79 Å². The first-order chi connectivity index (χ1) is 13.8. The van der Waals surface area contributed by atoms with Gasteiger partial charge in [-0.25, -0.2) is 17.2 Å². The van der Waals surface area contributed by atoms with Crippen molar-refractivity contribution in [3.8, 4) is 0 Å². The molecule has 152 valence electrons. The minimum Gasteiger partial charge on any atom is -0.352 e. The van der Waals surface area contributed by atoms with Crippen molar-refractivity contribution in [1.82, 2.24) is 15.5 Å². The molecule has 0 fully saturated rings. The van der Waals surface area contributed by atoms with Gasteiger partial charge in [-0.05, 0) is 30.3 Å². The van der Waals surface area contributed by atoms with Crippen LogP contribution in [0, 0.1) is 11.6 Å². The van der Waals surface area contributed by atoms with Crippen LogP contribution >= 0.6 is 0 Å². The molecule has 0 spiro atoms. The van der Waals surface area contributed by atoms with E-state index in [1.165, 1.54) is 6.07 Å². The summed E-state index contributed by atoms with van der Waals surface area (Å²) in [5.41, 5.74) is 0.368. The average Bonchev–Trinajstić information content (AvgIpc) is 3.12. The maximum atomic E-state index is 13.5. The maximum absolute atomic E-state index is 13.5. The molecule has 10 heteroatoms. The van der Waals surface area contributed by atoms with Gasteiger partial charge in [0.15, 0.2) is 15.7 Å². The lowest BCUT2D eigenvalue weighted by Crippen LogP contribution is -2.23. The largest absolute Gasteiger partial charge is 0.352 e. The van der Waals surface area contributed by atoms with Crippen molar-refractivity contribution in [2.24, 2.45) is 0 Å². The number of halogens is 2. The van der Waals surface area contributed by atoms with E-state index in [4.69, 9.17) is 4.52 Å². The Balaban J connectivity index is 1.51. The molecular formula is C19H17F2N3O4S. The number of sulfone groups is 1. The zero-order valence-corrected chi connectivity index (χ0v) is 16.0. The Morgan fingerprint density at radius 1 is 1.07 bits per heavy atom. The first kappa shape index (κ1) is 20.6. The third kappa shape index (κ3) is 5.67. The number of amides is 1. The summed E-state index contributed by atoms with van der Waals surface area (Å²) in [6, 6.07) is 10.5. The first-order valence-electron chi connectivity index (χ1n) is 8.63. The molecule has 0 saturated carbocycles. The van der Waals surface area contributed by atoms with Gasteiger partial charge in [0.2, 0.25) is 11.8 Å². The molecule has 3 aromatic rings. The van der Waals surface area contributed by atoms with E-state index in [9.17, 15) is 22.0 Å². The normalized spacial score (nSPS) is 11.4. The zero-order chi connectivity index (χ0) is 20.9. The van der Waals surface area contributed by atoms with E-state index >= 15 is 0 Å². The Hall–Kier alpha value is -3.14. The van der Waals surface area contributed by atoms with Crippen LogP contribution in [0.5, 0.6) is 0 Å². The number of nitrogens with one attached hydrogen (secondary N) is 1. The molecule has 2 aromatic carbocycles. The molecule has 0 saturated heterocycles. The van der Waals surface area contributed by atoms with Crippen LogP contribution in [0.25, 0.3) is 0 Å². The van der Waals surface area contributed by atoms with Gasteiger partial charge < -0.3 is 9.84 Å². The number of hydrogen-bond acceptors (Lipinski definition) is 6. The van der Waals surface area contributed by atoms with Crippen LogP contribution < -0.4 is 5.32 Å². The summed E-state index contributed by atoms with van der Waals surface area (Å²) in [5.74, 6) is -1.75. The van der Waals surface area contributed by atoms with E-state index < -0.39 is 27.2 Å². The van der Waals surface area contributed by atoms with Gasteiger partial charge in [-0.1, -0.05) is 23.4 Å². The van der Waals surface area contributed by atoms with Gasteiger partial charge in [0.05, 0.1) is 4.90 Å². The molecule has 29 heavy (non-hydrogen) atoms. The number of hydrogen-bond donors (Lipinski definition) is 1. The van der Waals surface area contributed by atoms with Gasteiger partial charge in [-0.15, -0.1) is 0 Å². The van der Waals surface area contributed by atoms with E-state index in [0.29, 0.717) is 5.56 Å². The van der Waals surface area contributed by atoms with Crippen molar-refractivity contribution < 1.29 is 26.5 Å². The fourth-order valence-corrected chi connectivity index (χ4v) is 3.66. The molecule has 0 aliphatic carbocycles. The topological polar surface area (TPSA) is 102 Å². The summed E-state index contributed by atoms with van der Waals surface area (Å²) >= 11 is 0. The smallest absolute Gasteiger partial charge is 0.227 e. The lowest BCUT2D eigenvalue weighted by Gasteiger charge is -2.05. The van der Waals surface area contributed by atoms with E-state index in [1.807, 2.05) is 0 Å². The fourth-order valence-electron chi connectivity index (χ4n) is 2.49. The Kier molecular flexibility index (Phi) is 6.32. The van der Waals surface area contributed by atoms with Gasteiger partial charge in [-0.2, -0.15) is 4.98 Å². The maximum Gasteiger partial charge on any atom is 0.227 e. The molecule has 0 aliphatic rings. The van der Waals surface area contributed by atoms with Crippen LogP contribution in [0.2, 0.25) is 0 Å². The Bertz CT molecular complexity index is 1100. The highest BCUT2D eigenvalue weighted by molar-refractivity contribution is 7.90. The predicted molar refractivity (Wildman–Crippen MR) is 98.2 cm³/mol. The molecule has 7 nitrogen and oxygen atoms in total. The number of carbonyl (C=O) groups is 1. The molecular weight excluding hydrogens is 404 g/mol. The summed E-state index contributed by atoms with van der Waals surface area (Å²) in [7, 11) is -3.76. The number of benzene rings is 2. The summed E-state index contributed by atoms with van der Waals surface area (Å²) < 4.78 is 56.0. The van der Waals surface area contributed by atoms with Gasteiger partial charge in [0.25, 0.3) is 0 Å². The number of aryl methyl sites for hydroxylation is 1. The molecule has 1 aromatic heterocycles. The highest BCUT2D eigenvalue weighted by Gasteiger charge is 2.19. The molecule has 0 bridgehead atoms. The summed E-state index contributed by atoms with van der Waals surface area (Å²) in [6.07, 6.45) is 0.119. The van der Waals surface area contributed by atoms with Crippen molar-refractivity contribution in [3.63, 3.8) is 0 Å². The zero-order valence-electron chi connectivity index (χ0n) is 15.1. The number of nitrogens with zero attached hydrogens (tertiary/aromatic N) is 2. The standard InChI is InChI=1S/C19H17F2N3O4S/c20-14-5-7-15(8-6-14)29(26,27)12-17-23-19(28-24-17)10-9-18(25)22-11-13-3-1-2-4-16(13)21/h1-8H,9-12H2,(H,22,25). The third-order valence-electron chi connectivity index (χ3n) is 4.00. The van der Waals surface area contributed by atoms with Crippen LogP contribution in [0.3, 0.4) is 0 Å². The highest BCUT2D eigenvalue weighted by atomic mass is 32.2. The van der Waals surface area contributed by atoms with Gasteiger partial charge in [0.1, 0.15) is 17.4 Å². The fraction of sp³-hybridized carbons (Fsp3) is 0.211. The van der Waals surface area contributed by atoms with Crippen LogP contribution in [0.1, 0.15) is 23.7 Å². The lowest BCUT2D eigenvalue weighted by atomic mass is 10.2. The third-order valence-corrected chi connectivity index (χ3v) is 5.63. The van der Waals surface area contributed by atoms with Crippen molar-refractivity contribution in [3.05, 3.63) is 77.4 Å². The Morgan fingerprint density at radius 2 is 1.79 bits per heavy atom. The molecule has 0 atom stereocenters. The van der Waals surface area contributed by atoms with Crippen LogP contribution in [0.15, 0.2) is 57.9 Å². The summed E-state index contributed by atoms with van der Waals surface area (Å²) in [4.78, 5) is 15.8. The number of rotatable bonds is 8. The average molecular weight is 421 g/mol. The Labute approximate surface area is 165 Å². The van der Waals surface area contributed by atoms with Crippen molar-refractivity contribution in [2.75, 3.05) is 0 Å². The van der Waals surface area contributed by atoms with Gasteiger partial charge in [0, 0.05) is 24.9 Å². The predicted octanol–water partition coefficient (Wildman–Crippen LogP) is 2.57. The minimum absolute atomic E-state index is 0.0147. The van der Waals surface area contributed by atoms with Crippen LogP contribution in [-0.4, -0.2) is 24.5 Å². The molecule has 0 aliphatic heterocycles. The Morgan fingerprint density at radius 3 is 2.52 bits per heavy atom. The molecule has 1 heterocycles. The molecule has 1 N–H and O–H groups in total.